The third kappa shape index (κ3) is 1.64. The Labute approximate surface area is 94.0 Å². The molecule has 0 bridgehead atoms. The van der Waals surface area contributed by atoms with E-state index in [9.17, 15) is 0 Å². The monoisotopic (exact) mass is 215 g/mol. The van der Waals surface area contributed by atoms with Crippen LogP contribution in [0.5, 0.6) is 0 Å². The van der Waals surface area contributed by atoms with Gasteiger partial charge in [0.1, 0.15) is 0 Å². The van der Waals surface area contributed by atoms with Gasteiger partial charge in [0.2, 0.25) is 0 Å². The summed E-state index contributed by atoms with van der Waals surface area (Å²) in [6, 6.07) is 8.12. The van der Waals surface area contributed by atoms with Gasteiger partial charge in [-0.2, -0.15) is 5.26 Å². The van der Waals surface area contributed by atoms with Crippen molar-refractivity contribution in [3.63, 3.8) is 0 Å². The highest BCUT2D eigenvalue weighted by Gasteiger charge is 2.11. The minimum atomic E-state index is 0.563. The molecule has 1 nitrogen and oxygen atoms in total. The molecule has 0 saturated heterocycles. The van der Waals surface area contributed by atoms with E-state index in [1.54, 1.807) is 0 Å². The molecule has 76 valence electrons. The van der Waals surface area contributed by atoms with Crippen LogP contribution in [0.3, 0.4) is 0 Å². The molecule has 0 N–H and O–H groups in total. The molecular weight excluding hydrogens is 202 g/mol. The number of nitrogens with zero attached hydrogens (tertiary/aromatic N) is 1. The first-order valence-electron chi connectivity index (χ1n) is 5.06. The molecule has 0 atom stereocenters. The van der Waals surface area contributed by atoms with Crippen molar-refractivity contribution in [2.75, 3.05) is 0 Å². The summed E-state index contributed by atoms with van der Waals surface area (Å²) in [6.07, 6.45) is 0. The predicted molar refractivity (Wildman–Crippen MR) is 65.4 cm³/mol. The smallest absolute Gasteiger partial charge is 0.0992 e. The molecule has 0 fully saturated rings. The van der Waals surface area contributed by atoms with Gasteiger partial charge in [-0.1, -0.05) is 19.9 Å². The van der Waals surface area contributed by atoms with Crippen LogP contribution in [-0.2, 0) is 0 Å². The van der Waals surface area contributed by atoms with Crippen LogP contribution < -0.4 is 0 Å². The largest absolute Gasteiger partial charge is 0.192 e. The number of benzene rings is 1. The number of rotatable bonds is 1. The van der Waals surface area contributed by atoms with Crippen molar-refractivity contribution in [3.8, 4) is 6.07 Å². The lowest BCUT2D eigenvalue weighted by Gasteiger charge is -2.01. The number of thiophene rings is 1. The Bertz CT molecular complexity index is 543. The third-order valence-electron chi connectivity index (χ3n) is 2.63. The first-order chi connectivity index (χ1) is 7.13. The second-order valence-corrected chi connectivity index (χ2v) is 5.15. The van der Waals surface area contributed by atoms with Gasteiger partial charge in [-0.15, -0.1) is 11.3 Å². The lowest BCUT2D eigenvalue weighted by atomic mass is 10.1. The van der Waals surface area contributed by atoms with Crippen LogP contribution in [0, 0.1) is 18.3 Å². The van der Waals surface area contributed by atoms with Crippen molar-refractivity contribution < 1.29 is 0 Å². The maximum atomic E-state index is 8.84. The molecule has 0 radical (unpaired) electrons. The maximum absolute atomic E-state index is 8.84. The molecular formula is C13H13NS. The van der Waals surface area contributed by atoms with E-state index in [0.29, 0.717) is 5.92 Å². The van der Waals surface area contributed by atoms with Crippen molar-refractivity contribution in [1.82, 2.24) is 0 Å². The highest BCUT2D eigenvalue weighted by atomic mass is 32.1. The molecule has 1 aromatic heterocycles. The lowest BCUT2D eigenvalue weighted by Crippen LogP contribution is -1.83. The summed E-state index contributed by atoms with van der Waals surface area (Å²) < 4.78 is 1.23. The minimum absolute atomic E-state index is 0.563. The number of hydrogen-bond acceptors (Lipinski definition) is 2. The second-order valence-electron chi connectivity index (χ2n) is 4.07. The molecule has 2 heteroatoms. The Balaban J connectivity index is 2.72. The molecule has 0 saturated carbocycles. The zero-order valence-corrected chi connectivity index (χ0v) is 9.98. The summed E-state index contributed by atoms with van der Waals surface area (Å²) in [6.45, 7) is 6.59. The van der Waals surface area contributed by atoms with Gasteiger partial charge in [-0.05, 0) is 35.9 Å². The predicted octanol–water partition coefficient (Wildman–Crippen LogP) is 4.20. The van der Waals surface area contributed by atoms with Crippen LogP contribution >= 0.6 is 11.3 Å². The number of hydrogen-bond donors (Lipinski definition) is 0. The molecule has 0 spiro atoms. The van der Waals surface area contributed by atoms with E-state index in [1.165, 1.54) is 20.5 Å². The Morgan fingerprint density at radius 2 is 2.07 bits per heavy atom. The standard InChI is InChI=1S/C13H13NS/c1-8(2)13-9(3)11-5-4-10(7-14)6-12(11)15-13/h4-6,8H,1-3H3. The summed E-state index contributed by atoms with van der Waals surface area (Å²) in [5, 5.41) is 10.1. The quantitative estimate of drug-likeness (QED) is 0.699. The van der Waals surface area contributed by atoms with Gasteiger partial charge in [-0.25, -0.2) is 0 Å². The van der Waals surface area contributed by atoms with Crippen molar-refractivity contribution in [3.05, 3.63) is 34.2 Å². The average molecular weight is 215 g/mol. The fourth-order valence-electron chi connectivity index (χ4n) is 1.86. The van der Waals surface area contributed by atoms with Crippen molar-refractivity contribution in [1.29, 1.82) is 5.26 Å². The molecule has 0 unspecified atom stereocenters. The van der Waals surface area contributed by atoms with Gasteiger partial charge in [0.05, 0.1) is 11.6 Å². The Hall–Kier alpha value is -1.33. The average Bonchev–Trinajstić information content (AvgIpc) is 2.55. The molecule has 0 aliphatic heterocycles. The summed E-state index contributed by atoms with van der Waals surface area (Å²) in [5.74, 6) is 0.563. The van der Waals surface area contributed by atoms with E-state index >= 15 is 0 Å². The molecule has 15 heavy (non-hydrogen) atoms. The Kier molecular flexibility index (Phi) is 2.50. The van der Waals surface area contributed by atoms with Gasteiger partial charge in [-0.3, -0.25) is 0 Å². The molecule has 1 aromatic carbocycles. The lowest BCUT2D eigenvalue weighted by molar-refractivity contribution is 0.882. The zero-order valence-electron chi connectivity index (χ0n) is 9.16. The molecule has 1 heterocycles. The number of fused-ring (bicyclic) bond motifs is 1. The highest BCUT2D eigenvalue weighted by Crippen LogP contribution is 2.35. The van der Waals surface area contributed by atoms with Crippen LogP contribution in [0.4, 0.5) is 0 Å². The fraction of sp³-hybridized carbons (Fsp3) is 0.308. The summed E-state index contributed by atoms with van der Waals surface area (Å²) in [5.41, 5.74) is 2.12. The molecule has 2 rings (SSSR count). The van der Waals surface area contributed by atoms with E-state index in [2.05, 4.69) is 32.9 Å². The van der Waals surface area contributed by atoms with Gasteiger partial charge >= 0.3 is 0 Å². The second kappa shape index (κ2) is 3.67. The van der Waals surface area contributed by atoms with Gasteiger partial charge < -0.3 is 0 Å². The van der Waals surface area contributed by atoms with Gasteiger partial charge in [0.15, 0.2) is 0 Å². The molecule has 0 amide bonds. The maximum Gasteiger partial charge on any atom is 0.0992 e. The summed E-state index contributed by atoms with van der Waals surface area (Å²) >= 11 is 1.81. The molecule has 0 aliphatic rings. The van der Waals surface area contributed by atoms with Crippen molar-refractivity contribution in [2.24, 2.45) is 0 Å². The van der Waals surface area contributed by atoms with Crippen molar-refractivity contribution in [2.45, 2.75) is 26.7 Å². The normalized spacial score (nSPS) is 10.9. The van der Waals surface area contributed by atoms with Crippen LogP contribution in [0.25, 0.3) is 10.1 Å². The summed E-state index contributed by atoms with van der Waals surface area (Å²) in [4.78, 5) is 1.43. The third-order valence-corrected chi connectivity index (χ3v) is 4.18. The number of aryl methyl sites for hydroxylation is 1. The van der Waals surface area contributed by atoms with E-state index in [4.69, 9.17) is 5.26 Å². The fourth-order valence-corrected chi connectivity index (χ4v) is 3.12. The van der Waals surface area contributed by atoms with Crippen LogP contribution in [0.1, 0.15) is 35.8 Å². The topological polar surface area (TPSA) is 23.8 Å². The van der Waals surface area contributed by atoms with E-state index in [1.807, 2.05) is 23.5 Å². The van der Waals surface area contributed by atoms with Gasteiger partial charge in [0.25, 0.3) is 0 Å². The first kappa shape index (κ1) is 10.2. The summed E-state index contributed by atoms with van der Waals surface area (Å²) in [7, 11) is 0. The van der Waals surface area contributed by atoms with E-state index < -0.39 is 0 Å². The molecule has 2 aromatic rings. The van der Waals surface area contributed by atoms with Crippen LogP contribution in [0.15, 0.2) is 18.2 Å². The Morgan fingerprint density at radius 3 is 2.67 bits per heavy atom. The zero-order chi connectivity index (χ0) is 11.0. The SMILES string of the molecule is Cc1c(C(C)C)sc2cc(C#N)ccc12. The van der Waals surface area contributed by atoms with Crippen LogP contribution in [-0.4, -0.2) is 0 Å². The first-order valence-corrected chi connectivity index (χ1v) is 5.88. The molecule has 0 aliphatic carbocycles. The number of nitriles is 1. The van der Waals surface area contributed by atoms with Gasteiger partial charge in [0, 0.05) is 9.58 Å². The minimum Gasteiger partial charge on any atom is -0.192 e. The highest BCUT2D eigenvalue weighted by molar-refractivity contribution is 7.19. The Morgan fingerprint density at radius 1 is 1.33 bits per heavy atom. The van der Waals surface area contributed by atoms with E-state index in [0.717, 1.165) is 5.56 Å². The van der Waals surface area contributed by atoms with E-state index in [-0.39, 0.29) is 0 Å². The van der Waals surface area contributed by atoms with Crippen LogP contribution in [0.2, 0.25) is 0 Å². The van der Waals surface area contributed by atoms with Crippen molar-refractivity contribution >= 4 is 21.4 Å².